The third kappa shape index (κ3) is 4.22. The van der Waals surface area contributed by atoms with Gasteiger partial charge in [-0.05, 0) is 43.2 Å². The van der Waals surface area contributed by atoms with Crippen LogP contribution < -0.4 is 10.6 Å². The molecule has 6 heteroatoms. The average Bonchev–Trinajstić information content (AvgIpc) is 2.61. The molecule has 126 valence electrons. The zero-order valence-electron chi connectivity index (χ0n) is 13.9. The second-order valence-corrected chi connectivity index (χ2v) is 6.51. The zero-order valence-corrected chi connectivity index (χ0v) is 15.5. The molecule has 0 aliphatic carbocycles. The average molecular weight is 397 g/mol. The normalized spacial score (nSPS) is 10.4. The van der Waals surface area contributed by atoms with Crippen molar-refractivity contribution in [2.24, 2.45) is 0 Å². The summed E-state index contributed by atoms with van der Waals surface area (Å²) >= 11 is 3.45. The van der Waals surface area contributed by atoms with Gasteiger partial charge < -0.3 is 10.6 Å². The monoisotopic (exact) mass is 396 g/mol. The number of nitrogens with zero attached hydrogens (tertiary/aromatic N) is 2. The van der Waals surface area contributed by atoms with Crippen LogP contribution in [0.3, 0.4) is 0 Å². The largest absolute Gasteiger partial charge is 0.324 e. The lowest BCUT2D eigenvalue weighted by Gasteiger charge is -2.09. The summed E-state index contributed by atoms with van der Waals surface area (Å²) in [6.07, 6.45) is 3.01. The molecule has 0 fully saturated rings. The Bertz CT molecular complexity index is 910. The SMILES string of the molecule is Cc1ccc(NC(=O)c2cnc(Nc3ccccc3C)nc2)cc1Br. The Balaban J connectivity index is 1.70. The van der Waals surface area contributed by atoms with Gasteiger partial charge in [0, 0.05) is 28.2 Å². The molecule has 3 aromatic rings. The lowest BCUT2D eigenvalue weighted by molar-refractivity contribution is 0.102. The van der Waals surface area contributed by atoms with Crippen LogP contribution in [-0.4, -0.2) is 15.9 Å². The van der Waals surface area contributed by atoms with E-state index in [9.17, 15) is 4.79 Å². The van der Waals surface area contributed by atoms with Crippen molar-refractivity contribution < 1.29 is 4.79 Å². The Labute approximate surface area is 154 Å². The maximum atomic E-state index is 12.3. The van der Waals surface area contributed by atoms with E-state index in [4.69, 9.17) is 0 Å². The van der Waals surface area contributed by atoms with Crippen LogP contribution in [0.4, 0.5) is 17.3 Å². The fourth-order valence-corrected chi connectivity index (χ4v) is 2.60. The lowest BCUT2D eigenvalue weighted by Crippen LogP contribution is -2.13. The van der Waals surface area contributed by atoms with Gasteiger partial charge in [-0.1, -0.05) is 40.2 Å². The van der Waals surface area contributed by atoms with E-state index < -0.39 is 0 Å². The number of hydrogen-bond acceptors (Lipinski definition) is 4. The van der Waals surface area contributed by atoms with Crippen molar-refractivity contribution in [2.75, 3.05) is 10.6 Å². The van der Waals surface area contributed by atoms with Gasteiger partial charge in [-0.2, -0.15) is 0 Å². The first kappa shape index (κ1) is 17.1. The third-order valence-corrected chi connectivity index (χ3v) is 4.59. The second-order valence-electron chi connectivity index (χ2n) is 5.65. The summed E-state index contributed by atoms with van der Waals surface area (Å²) in [6.45, 7) is 3.99. The standard InChI is InChI=1S/C19H17BrN4O/c1-12-7-8-15(9-16(12)20)23-18(25)14-10-21-19(22-11-14)24-17-6-4-3-5-13(17)2/h3-11H,1-2H3,(H,23,25)(H,21,22,24). The van der Waals surface area contributed by atoms with Crippen LogP contribution >= 0.6 is 15.9 Å². The number of halogens is 1. The van der Waals surface area contributed by atoms with Gasteiger partial charge in [-0.25, -0.2) is 9.97 Å². The van der Waals surface area contributed by atoms with E-state index in [1.165, 1.54) is 12.4 Å². The number of benzene rings is 2. The molecule has 0 aliphatic rings. The van der Waals surface area contributed by atoms with Crippen LogP contribution in [0.1, 0.15) is 21.5 Å². The summed E-state index contributed by atoms with van der Waals surface area (Å²) in [5, 5.41) is 5.98. The smallest absolute Gasteiger partial charge is 0.258 e. The molecule has 0 saturated heterocycles. The van der Waals surface area contributed by atoms with Crippen LogP contribution in [0, 0.1) is 13.8 Å². The van der Waals surface area contributed by atoms with Crippen molar-refractivity contribution in [3.63, 3.8) is 0 Å². The molecule has 25 heavy (non-hydrogen) atoms. The van der Waals surface area contributed by atoms with Crippen molar-refractivity contribution in [1.29, 1.82) is 0 Å². The molecule has 0 bridgehead atoms. The van der Waals surface area contributed by atoms with Crippen LogP contribution in [0.5, 0.6) is 0 Å². The van der Waals surface area contributed by atoms with Gasteiger partial charge in [0.05, 0.1) is 5.56 Å². The Morgan fingerprint density at radius 2 is 1.72 bits per heavy atom. The molecular weight excluding hydrogens is 380 g/mol. The predicted octanol–water partition coefficient (Wildman–Crippen LogP) is 4.85. The van der Waals surface area contributed by atoms with E-state index >= 15 is 0 Å². The van der Waals surface area contributed by atoms with Crippen molar-refractivity contribution in [3.05, 3.63) is 76.0 Å². The van der Waals surface area contributed by atoms with Gasteiger partial charge >= 0.3 is 0 Å². The first-order valence-corrected chi connectivity index (χ1v) is 8.54. The van der Waals surface area contributed by atoms with E-state index in [1.807, 2.05) is 56.3 Å². The van der Waals surface area contributed by atoms with Crippen molar-refractivity contribution in [2.45, 2.75) is 13.8 Å². The highest BCUT2D eigenvalue weighted by Gasteiger charge is 2.09. The third-order valence-electron chi connectivity index (χ3n) is 3.74. The molecule has 0 saturated carbocycles. The number of carbonyl (C=O) groups excluding carboxylic acids is 1. The van der Waals surface area contributed by atoms with Crippen molar-refractivity contribution in [3.8, 4) is 0 Å². The van der Waals surface area contributed by atoms with Gasteiger partial charge in [0.1, 0.15) is 0 Å². The Morgan fingerprint density at radius 1 is 1.00 bits per heavy atom. The maximum absolute atomic E-state index is 12.3. The molecule has 0 radical (unpaired) electrons. The van der Waals surface area contributed by atoms with Crippen LogP contribution in [0.2, 0.25) is 0 Å². The summed E-state index contributed by atoms with van der Waals surface area (Å²) in [5.74, 6) is 0.196. The molecular formula is C19H17BrN4O. The van der Waals surface area contributed by atoms with Crippen molar-refractivity contribution >= 4 is 39.2 Å². The molecule has 2 N–H and O–H groups in total. The first-order chi connectivity index (χ1) is 12.0. The molecule has 5 nitrogen and oxygen atoms in total. The minimum absolute atomic E-state index is 0.252. The summed E-state index contributed by atoms with van der Waals surface area (Å²) in [4.78, 5) is 20.7. The highest BCUT2D eigenvalue weighted by molar-refractivity contribution is 9.10. The van der Waals surface area contributed by atoms with Gasteiger partial charge in [0.2, 0.25) is 5.95 Å². The molecule has 3 rings (SSSR count). The van der Waals surface area contributed by atoms with Gasteiger partial charge in [0.15, 0.2) is 0 Å². The number of carbonyl (C=O) groups is 1. The fraction of sp³-hybridized carbons (Fsp3) is 0.105. The molecule has 1 amide bonds. The highest BCUT2D eigenvalue weighted by Crippen LogP contribution is 2.21. The number of anilines is 3. The van der Waals surface area contributed by atoms with E-state index in [-0.39, 0.29) is 5.91 Å². The summed E-state index contributed by atoms with van der Waals surface area (Å²) in [5.41, 5.74) is 4.24. The molecule has 2 aromatic carbocycles. The number of rotatable bonds is 4. The van der Waals surface area contributed by atoms with Crippen LogP contribution in [0.15, 0.2) is 59.3 Å². The number of aryl methyl sites for hydroxylation is 2. The number of para-hydroxylation sites is 1. The van der Waals surface area contributed by atoms with E-state index in [2.05, 4.69) is 36.5 Å². The zero-order chi connectivity index (χ0) is 17.8. The minimum Gasteiger partial charge on any atom is -0.324 e. The number of aromatic nitrogens is 2. The Kier molecular flexibility index (Phi) is 5.09. The van der Waals surface area contributed by atoms with Gasteiger partial charge in [-0.15, -0.1) is 0 Å². The summed E-state index contributed by atoms with van der Waals surface area (Å²) in [7, 11) is 0. The van der Waals surface area contributed by atoms with E-state index in [0.29, 0.717) is 17.2 Å². The molecule has 0 atom stereocenters. The van der Waals surface area contributed by atoms with Crippen molar-refractivity contribution in [1.82, 2.24) is 9.97 Å². The van der Waals surface area contributed by atoms with E-state index in [0.717, 1.165) is 21.3 Å². The molecule has 0 unspecified atom stereocenters. The summed E-state index contributed by atoms with van der Waals surface area (Å²) < 4.78 is 0.944. The Morgan fingerprint density at radius 3 is 2.40 bits per heavy atom. The summed E-state index contributed by atoms with van der Waals surface area (Å²) in [6, 6.07) is 13.5. The van der Waals surface area contributed by atoms with Crippen LogP contribution in [0.25, 0.3) is 0 Å². The number of nitrogens with one attached hydrogen (secondary N) is 2. The van der Waals surface area contributed by atoms with Gasteiger partial charge in [-0.3, -0.25) is 4.79 Å². The molecule has 0 spiro atoms. The van der Waals surface area contributed by atoms with Crippen LogP contribution in [-0.2, 0) is 0 Å². The lowest BCUT2D eigenvalue weighted by atomic mass is 10.2. The fourth-order valence-electron chi connectivity index (χ4n) is 2.22. The minimum atomic E-state index is -0.252. The number of amides is 1. The molecule has 0 aliphatic heterocycles. The molecule has 1 aromatic heterocycles. The predicted molar refractivity (Wildman–Crippen MR) is 103 cm³/mol. The number of hydrogen-bond donors (Lipinski definition) is 2. The highest BCUT2D eigenvalue weighted by atomic mass is 79.9. The second kappa shape index (κ2) is 7.44. The quantitative estimate of drug-likeness (QED) is 0.661. The van der Waals surface area contributed by atoms with Gasteiger partial charge in [0.25, 0.3) is 5.91 Å². The maximum Gasteiger partial charge on any atom is 0.258 e. The topological polar surface area (TPSA) is 66.9 Å². The first-order valence-electron chi connectivity index (χ1n) is 7.75. The van der Waals surface area contributed by atoms with E-state index in [1.54, 1.807) is 0 Å². The Hall–Kier alpha value is -2.73. The molecule has 1 heterocycles.